The summed E-state index contributed by atoms with van der Waals surface area (Å²) in [6.45, 7) is 17.3. The van der Waals surface area contributed by atoms with Crippen LogP contribution in [0, 0.1) is 0 Å². The summed E-state index contributed by atoms with van der Waals surface area (Å²) in [5, 5.41) is 0. The van der Waals surface area contributed by atoms with Gasteiger partial charge in [-0.15, -0.1) is 0 Å². The van der Waals surface area contributed by atoms with Crippen molar-refractivity contribution in [2.75, 3.05) is 0 Å². The molecule has 0 aliphatic heterocycles. The largest absolute Gasteiger partial charge is 0.460 e. The fraction of sp³-hybridized carbons (Fsp3) is 0.421. The number of benzene rings is 1. The zero-order valence-electron chi connectivity index (χ0n) is 13.8. The Labute approximate surface area is 128 Å². The minimum atomic E-state index is -0.499. The smallest absolute Gasteiger partial charge is 0.303 e. The predicted molar refractivity (Wildman–Crippen MR) is 90.1 cm³/mol. The van der Waals surface area contributed by atoms with E-state index in [0.29, 0.717) is 0 Å². The topological polar surface area (TPSA) is 26.3 Å². The van der Waals surface area contributed by atoms with E-state index in [9.17, 15) is 4.79 Å². The lowest BCUT2D eigenvalue weighted by Gasteiger charge is -2.35. The van der Waals surface area contributed by atoms with Crippen LogP contribution in [0.25, 0.3) is 12.2 Å². The Morgan fingerprint density at radius 2 is 1.71 bits per heavy atom. The molecule has 1 aromatic rings. The van der Waals surface area contributed by atoms with E-state index in [1.807, 2.05) is 26.0 Å². The third-order valence-corrected chi connectivity index (χ3v) is 3.60. The van der Waals surface area contributed by atoms with Crippen molar-refractivity contribution < 1.29 is 9.53 Å². The first-order valence-electron chi connectivity index (χ1n) is 7.20. The number of ether oxygens (including phenoxy) is 1. The van der Waals surface area contributed by atoms with Crippen molar-refractivity contribution in [1.82, 2.24) is 0 Å². The number of rotatable bonds is 6. The first kappa shape index (κ1) is 17.2. The normalized spacial score (nSPS) is 11.9. The molecular weight excluding hydrogens is 260 g/mol. The molecule has 0 N–H and O–H groups in total. The molecule has 0 aliphatic rings. The second-order valence-corrected chi connectivity index (χ2v) is 6.67. The summed E-state index contributed by atoms with van der Waals surface area (Å²) in [6.07, 6.45) is 4.41. The molecule has 0 amide bonds. The quantitative estimate of drug-likeness (QED) is 0.689. The number of hydrogen-bond donors (Lipinski definition) is 0. The molecule has 0 fully saturated rings. The maximum atomic E-state index is 11.2. The molecule has 0 heterocycles. The molecule has 1 aromatic carbocycles. The van der Waals surface area contributed by atoms with Crippen LogP contribution in [0.1, 0.15) is 57.7 Å². The van der Waals surface area contributed by atoms with Crippen molar-refractivity contribution in [1.29, 1.82) is 0 Å². The second kappa shape index (κ2) is 6.30. The SMILES string of the molecule is C=Cc1ccc(C(C)(C)CC(C)(C)OC(C)=O)cc1C=C. The van der Waals surface area contributed by atoms with Crippen LogP contribution >= 0.6 is 0 Å². The van der Waals surface area contributed by atoms with Crippen molar-refractivity contribution in [3.05, 3.63) is 48.0 Å². The Morgan fingerprint density at radius 1 is 1.14 bits per heavy atom. The van der Waals surface area contributed by atoms with Gasteiger partial charge in [-0.2, -0.15) is 0 Å². The molecule has 2 heteroatoms. The maximum Gasteiger partial charge on any atom is 0.303 e. The van der Waals surface area contributed by atoms with E-state index in [0.717, 1.165) is 17.5 Å². The minimum Gasteiger partial charge on any atom is -0.460 e. The van der Waals surface area contributed by atoms with Crippen LogP contribution in [0.2, 0.25) is 0 Å². The molecule has 0 atom stereocenters. The minimum absolute atomic E-state index is 0.115. The molecule has 0 radical (unpaired) electrons. The van der Waals surface area contributed by atoms with Gasteiger partial charge in [0.25, 0.3) is 0 Å². The van der Waals surface area contributed by atoms with Crippen LogP contribution in [0.5, 0.6) is 0 Å². The van der Waals surface area contributed by atoms with E-state index in [2.05, 4.69) is 45.2 Å². The molecular formula is C19H26O2. The molecule has 0 saturated carbocycles. The monoisotopic (exact) mass is 286 g/mol. The summed E-state index contributed by atoms with van der Waals surface area (Å²) in [5.41, 5.74) is 2.73. The van der Waals surface area contributed by atoms with Gasteiger partial charge in [0.15, 0.2) is 0 Å². The highest BCUT2D eigenvalue weighted by Gasteiger charge is 2.32. The molecule has 1 rings (SSSR count). The second-order valence-electron chi connectivity index (χ2n) is 6.67. The Bertz CT molecular complexity index is 551. The van der Waals surface area contributed by atoms with E-state index >= 15 is 0 Å². The first-order valence-corrected chi connectivity index (χ1v) is 7.20. The van der Waals surface area contributed by atoms with Crippen LogP contribution in [0.3, 0.4) is 0 Å². The Hall–Kier alpha value is -1.83. The zero-order chi connectivity index (χ0) is 16.3. The molecule has 0 aliphatic carbocycles. The molecule has 0 unspecified atom stereocenters. The standard InChI is InChI=1S/C19H26O2/c1-8-15-10-11-17(12-16(15)9-2)18(4,5)13-19(6,7)21-14(3)20/h8-12H,1-2,13H2,3-7H3. The van der Waals surface area contributed by atoms with Gasteiger partial charge in [0.2, 0.25) is 0 Å². The zero-order valence-corrected chi connectivity index (χ0v) is 13.8. The van der Waals surface area contributed by atoms with Crippen LogP contribution in [0.15, 0.2) is 31.4 Å². The van der Waals surface area contributed by atoms with Crippen molar-refractivity contribution >= 4 is 18.1 Å². The number of esters is 1. The van der Waals surface area contributed by atoms with Gasteiger partial charge < -0.3 is 4.74 Å². The molecule has 0 bridgehead atoms. The van der Waals surface area contributed by atoms with Gasteiger partial charge in [0.05, 0.1) is 0 Å². The predicted octanol–water partition coefficient (Wildman–Crippen LogP) is 4.98. The van der Waals surface area contributed by atoms with Crippen LogP contribution in [-0.4, -0.2) is 11.6 Å². The van der Waals surface area contributed by atoms with Gasteiger partial charge in [-0.25, -0.2) is 0 Å². The summed E-state index contributed by atoms with van der Waals surface area (Å²) in [7, 11) is 0. The van der Waals surface area contributed by atoms with E-state index in [1.54, 1.807) is 0 Å². The molecule has 21 heavy (non-hydrogen) atoms. The maximum absolute atomic E-state index is 11.2. The van der Waals surface area contributed by atoms with E-state index in [1.165, 1.54) is 12.5 Å². The lowest BCUT2D eigenvalue weighted by atomic mass is 9.75. The van der Waals surface area contributed by atoms with Crippen molar-refractivity contribution in [3.63, 3.8) is 0 Å². The third-order valence-electron chi connectivity index (χ3n) is 3.60. The molecule has 114 valence electrons. The summed E-state index contributed by atoms with van der Waals surface area (Å²) >= 11 is 0. The number of carbonyl (C=O) groups excluding carboxylic acids is 1. The summed E-state index contributed by atoms with van der Waals surface area (Å²) in [6, 6.07) is 6.29. The average molecular weight is 286 g/mol. The highest BCUT2D eigenvalue weighted by Crippen LogP contribution is 2.35. The van der Waals surface area contributed by atoms with Gasteiger partial charge >= 0.3 is 5.97 Å². The van der Waals surface area contributed by atoms with Crippen LogP contribution in [-0.2, 0) is 14.9 Å². The average Bonchev–Trinajstić information content (AvgIpc) is 2.34. The Morgan fingerprint density at radius 3 is 2.19 bits per heavy atom. The van der Waals surface area contributed by atoms with Crippen molar-refractivity contribution in [3.8, 4) is 0 Å². The summed E-state index contributed by atoms with van der Waals surface area (Å²) in [4.78, 5) is 11.2. The highest BCUT2D eigenvalue weighted by atomic mass is 16.6. The Balaban J connectivity index is 3.10. The van der Waals surface area contributed by atoms with Crippen LogP contribution < -0.4 is 0 Å². The fourth-order valence-electron chi connectivity index (χ4n) is 2.95. The van der Waals surface area contributed by atoms with Gasteiger partial charge in [-0.1, -0.05) is 57.4 Å². The van der Waals surface area contributed by atoms with Crippen molar-refractivity contribution in [2.24, 2.45) is 0 Å². The number of hydrogen-bond acceptors (Lipinski definition) is 2. The first-order chi connectivity index (χ1) is 9.61. The van der Waals surface area contributed by atoms with Gasteiger partial charge in [0, 0.05) is 6.92 Å². The molecule has 0 spiro atoms. The van der Waals surface area contributed by atoms with Crippen LogP contribution in [0.4, 0.5) is 0 Å². The third kappa shape index (κ3) is 4.59. The van der Waals surface area contributed by atoms with Gasteiger partial charge in [-0.05, 0) is 42.4 Å². The van der Waals surface area contributed by atoms with Gasteiger partial charge in [-0.3, -0.25) is 4.79 Å². The molecule has 0 saturated heterocycles. The Kier molecular flexibility index (Phi) is 5.16. The van der Waals surface area contributed by atoms with Gasteiger partial charge in [0.1, 0.15) is 5.60 Å². The highest BCUT2D eigenvalue weighted by molar-refractivity contribution is 5.66. The lowest BCUT2D eigenvalue weighted by molar-refractivity contribution is -0.155. The fourth-order valence-corrected chi connectivity index (χ4v) is 2.95. The van der Waals surface area contributed by atoms with E-state index in [4.69, 9.17) is 4.74 Å². The number of carbonyl (C=O) groups is 1. The lowest BCUT2D eigenvalue weighted by Crippen LogP contribution is -2.35. The summed E-state index contributed by atoms with van der Waals surface area (Å²) in [5.74, 6) is -0.246. The van der Waals surface area contributed by atoms with E-state index in [-0.39, 0.29) is 11.4 Å². The summed E-state index contributed by atoms with van der Waals surface area (Å²) < 4.78 is 5.42. The van der Waals surface area contributed by atoms with E-state index < -0.39 is 5.60 Å². The van der Waals surface area contributed by atoms with Crippen molar-refractivity contribution in [2.45, 2.75) is 52.1 Å². The molecule has 2 nitrogen and oxygen atoms in total. The molecule has 0 aromatic heterocycles.